The van der Waals surface area contributed by atoms with Gasteiger partial charge in [0.05, 0.1) is 26.4 Å². The number of nitrogens with one attached hydrogen (secondary N) is 1. The third-order valence-corrected chi connectivity index (χ3v) is 6.28. The van der Waals surface area contributed by atoms with Gasteiger partial charge in [-0.25, -0.2) is 9.59 Å². The first-order chi connectivity index (χ1) is 19.9. The molecule has 0 unspecified atom stereocenters. The number of benzene rings is 2. The highest BCUT2D eigenvalue weighted by Gasteiger charge is 2.43. The molecule has 222 valence electrons. The predicted octanol–water partition coefficient (Wildman–Crippen LogP) is 0.431. The Bertz CT molecular complexity index is 1310. The Morgan fingerprint density at radius 2 is 1.73 bits per heavy atom. The van der Waals surface area contributed by atoms with E-state index in [0.29, 0.717) is 28.9 Å². The van der Waals surface area contributed by atoms with Gasteiger partial charge >= 0.3 is 11.7 Å². The zero-order chi connectivity index (χ0) is 29.2. The Morgan fingerprint density at radius 1 is 0.927 bits per heavy atom. The molecule has 0 radical (unpaired) electrons. The maximum atomic E-state index is 12.1. The Kier molecular flexibility index (Phi) is 11.0. The van der Waals surface area contributed by atoms with Gasteiger partial charge in [0.2, 0.25) is 0 Å². The van der Waals surface area contributed by atoms with Crippen LogP contribution in [0.15, 0.2) is 63.8 Å². The molecule has 1 aliphatic heterocycles. The fourth-order valence-corrected chi connectivity index (χ4v) is 4.11. The van der Waals surface area contributed by atoms with Gasteiger partial charge in [-0.15, -0.1) is 0 Å². The Balaban J connectivity index is 1.16. The second-order valence-electron chi connectivity index (χ2n) is 9.21. The van der Waals surface area contributed by atoms with Gasteiger partial charge in [0, 0.05) is 29.6 Å². The maximum absolute atomic E-state index is 12.1. The van der Waals surface area contributed by atoms with Crippen LogP contribution in [0.5, 0.6) is 5.75 Å². The predicted molar refractivity (Wildman–Crippen MR) is 142 cm³/mol. The third kappa shape index (κ3) is 8.47. The lowest BCUT2D eigenvalue weighted by Gasteiger charge is -2.39. The summed E-state index contributed by atoms with van der Waals surface area (Å²) in [5.41, 5.74) is 1.19. The van der Waals surface area contributed by atoms with E-state index in [1.54, 1.807) is 18.2 Å². The van der Waals surface area contributed by atoms with Crippen LogP contribution in [0.25, 0.3) is 11.0 Å². The number of carbonyl (C=O) groups is 1. The van der Waals surface area contributed by atoms with Crippen LogP contribution in [-0.4, -0.2) is 90.2 Å². The number of hydrogen-bond donors (Lipinski definition) is 5. The molecule has 1 saturated heterocycles. The Morgan fingerprint density at radius 3 is 2.51 bits per heavy atom. The molecule has 0 spiro atoms. The summed E-state index contributed by atoms with van der Waals surface area (Å²) < 4.78 is 32.2. The number of carbonyl (C=O) groups excluding carboxylic acids is 1. The van der Waals surface area contributed by atoms with Crippen molar-refractivity contribution in [2.24, 2.45) is 0 Å². The number of aliphatic hydroxyl groups is 4. The first-order valence-electron chi connectivity index (χ1n) is 13.0. The first kappa shape index (κ1) is 30.4. The molecule has 3 aromatic rings. The Hall–Kier alpha value is -3.56. The summed E-state index contributed by atoms with van der Waals surface area (Å²) in [5.74, 6) is 0.527. The van der Waals surface area contributed by atoms with Gasteiger partial charge in [-0.05, 0) is 17.7 Å². The highest BCUT2D eigenvalue weighted by atomic mass is 16.7. The minimum Gasteiger partial charge on any atom is -0.489 e. The highest BCUT2D eigenvalue weighted by molar-refractivity contribution is 5.81. The van der Waals surface area contributed by atoms with Gasteiger partial charge < -0.3 is 53.8 Å². The zero-order valence-electron chi connectivity index (χ0n) is 22.1. The molecule has 0 bridgehead atoms. The topological polar surface area (TPSA) is 186 Å². The largest absolute Gasteiger partial charge is 0.489 e. The molecular weight excluding hydrogens is 542 g/mol. The van der Waals surface area contributed by atoms with Crippen LogP contribution in [0.1, 0.15) is 11.1 Å². The monoisotopic (exact) mass is 575 g/mol. The van der Waals surface area contributed by atoms with Crippen LogP contribution in [0, 0.1) is 0 Å². The number of rotatable bonds is 13. The summed E-state index contributed by atoms with van der Waals surface area (Å²) in [7, 11) is 0. The molecule has 1 fully saturated rings. The number of fused-ring (bicyclic) bond motifs is 1. The van der Waals surface area contributed by atoms with E-state index in [-0.39, 0.29) is 33.0 Å². The molecule has 0 saturated carbocycles. The number of hydrogen-bond acceptors (Lipinski definition) is 12. The first-order valence-corrected chi connectivity index (χ1v) is 13.0. The van der Waals surface area contributed by atoms with Gasteiger partial charge in [0.25, 0.3) is 0 Å². The highest BCUT2D eigenvalue weighted by Crippen LogP contribution is 2.24. The van der Waals surface area contributed by atoms with E-state index in [1.165, 1.54) is 6.07 Å². The van der Waals surface area contributed by atoms with E-state index in [4.69, 9.17) is 28.1 Å². The van der Waals surface area contributed by atoms with Crippen LogP contribution in [-0.2, 0) is 32.2 Å². The molecule has 1 aromatic heterocycles. The SMILES string of the molecule is O=C(NCCOCCO[C@@H]1O[C@H](CO)[C@H](O)[C@H](O)[C@H]1O)OCc1cc(=O)oc2cc(OCc3ccccc3)ccc12. The molecule has 2 aromatic carbocycles. The minimum atomic E-state index is -1.53. The number of ether oxygens (including phenoxy) is 5. The normalized spacial score (nSPS) is 22.4. The van der Waals surface area contributed by atoms with Crippen LogP contribution in [0.4, 0.5) is 4.79 Å². The van der Waals surface area contributed by atoms with Crippen molar-refractivity contribution in [1.29, 1.82) is 0 Å². The summed E-state index contributed by atoms with van der Waals surface area (Å²) in [5, 5.41) is 41.8. The molecule has 0 aliphatic carbocycles. The molecule has 2 heterocycles. The van der Waals surface area contributed by atoms with E-state index >= 15 is 0 Å². The van der Waals surface area contributed by atoms with Crippen LogP contribution >= 0.6 is 0 Å². The molecule has 5 atom stereocenters. The lowest BCUT2D eigenvalue weighted by Crippen LogP contribution is -2.59. The average Bonchev–Trinajstić information content (AvgIpc) is 2.98. The maximum Gasteiger partial charge on any atom is 0.407 e. The van der Waals surface area contributed by atoms with E-state index in [1.807, 2.05) is 30.3 Å². The lowest BCUT2D eigenvalue weighted by atomic mass is 9.99. The summed E-state index contributed by atoms with van der Waals surface area (Å²) in [6, 6.07) is 16.0. The standard InChI is InChI=1S/C28H33NO12/c30-14-22-24(32)25(33)26(34)27(41-22)37-11-10-36-9-8-29-28(35)39-16-18-12-23(31)40-21-13-19(6-7-20(18)21)38-15-17-4-2-1-3-5-17/h1-7,12-13,22,24-27,30,32-34H,8-11,14-16H2,(H,29,35)/t22-,24+,25+,26-,27-/m1/s1. The lowest BCUT2D eigenvalue weighted by molar-refractivity contribution is -0.302. The van der Waals surface area contributed by atoms with Crippen LogP contribution < -0.4 is 15.7 Å². The smallest absolute Gasteiger partial charge is 0.407 e. The number of amides is 1. The van der Waals surface area contributed by atoms with Crippen molar-refractivity contribution in [2.45, 2.75) is 43.9 Å². The number of aliphatic hydroxyl groups excluding tert-OH is 4. The summed E-state index contributed by atoms with van der Waals surface area (Å²) in [6.45, 7) is -0.0532. The number of alkyl carbamates (subject to hydrolysis) is 1. The van der Waals surface area contributed by atoms with E-state index in [0.717, 1.165) is 5.56 Å². The van der Waals surface area contributed by atoms with Gasteiger partial charge in [0.1, 0.15) is 49.0 Å². The van der Waals surface area contributed by atoms with Gasteiger partial charge in [0.15, 0.2) is 6.29 Å². The molecule has 13 nitrogen and oxygen atoms in total. The van der Waals surface area contributed by atoms with Crippen molar-refractivity contribution in [3.05, 3.63) is 76.1 Å². The van der Waals surface area contributed by atoms with E-state index in [2.05, 4.69) is 5.32 Å². The van der Waals surface area contributed by atoms with Crippen molar-refractivity contribution in [2.75, 3.05) is 33.0 Å². The Labute approximate surface area is 234 Å². The fraction of sp³-hybridized carbons (Fsp3) is 0.429. The van der Waals surface area contributed by atoms with E-state index in [9.17, 15) is 30.0 Å². The molecule has 5 N–H and O–H groups in total. The van der Waals surface area contributed by atoms with Crippen molar-refractivity contribution < 1.29 is 53.3 Å². The summed E-state index contributed by atoms with van der Waals surface area (Å²) in [6.07, 6.45) is -7.50. The zero-order valence-corrected chi connectivity index (χ0v) is 22.1. The molecular formula is C28H33NO12. The molecule has 13 heteroatoms. The van der Waals surface area contributed by atoms with Crippen molar-refractivity contribution in [3.63, 3.8) is 0 Å². The third-order valence-electron chi connectivity index (χ3n) is 6.28. The van der Waals surface area contributed by atoms with Crippen molar-refractivity contribution >= 4 is 17.1 Å². The fourth-order valence-electron chi connectivity index (χ4n) is 4.11. The van der Waals surface area contributed by atoms with E-state index < -0.39 is 49.0 Å². The minimum absolute atomic E-state index is 0.0180. The molecule has 1 amide bonds. The summed E-state index contributed by atoms with van der Waals surface area (Å²) in [4.78, 5) is 24.2. The quantitative estimate of drug-likeness (QED) is 0.140. The van der Waals surface area contributed by atoms with Gasteiger partial charge in [-0.3, -0.25) is 0 Å². The molecule has 4 rings (SSSR count). The molecule has 1 aliphatic rings. The second kappa shape index (κ2) is 14.9. The van der Waals surface area contributed by atoms with Crippen LogP contribution in [0.3, 0.4) is 0 Å². The molecule has 41 heavy (non-hydrogen) atoms. The van der Waals surface area contributed by atoms with Gasteiger partial charge in [-0.1, -0.05) is 30.3 Å². The van der Waals surface area contributed by atoms with Crippen molar-refractivity contribution in [3.8, 4) is 5.75 Å². The van der Waals surface area contributed by atoms with Gasteiger partial charge in [-0.2, -0.15) is 0 Å². The average molecular weight is 576 g/mol. The summed E-state index contributed by atoms with van der Waals surface area (Å²) >= 11 is 0. The van der Waals surface area contributed by atoms with Crippen LogP contribution in [0.2, 0.25) is 0 Å². The second-order valence-corrected chi connectivity index (χ2v) is 9.21. The van der Waals surface area contributed by atoms with Crippen molar-refractivity contribution in [1.82, 2.24) is 5.32 Å².